The quantitative estimate of drug-likeness (QED) is 0.821. The minimum atomic E-state index is 0.135. The molecule has 1 amide bonds. The van der Waals surface area contributed by atoms with E-state index in [2.05, 4.69) is 10.2 Å². The molecule has 0 aromatic carbocycles. The Balaban J connectivity index is 1.62. The summed E-state index contributed by atoms with van der Waals surface area (Å²) >= 11 is 0. The lowest BCUT2D eigenvalue weighted by Gasteiger charge is -2.36. The second-order valence-electron chi connectivity index (χ2n) is 6.24. The molecular weight excluding hydrogens is 240 g/mol. The fraction of sp³-hybridized carbons (Fsp3) is 0.933. The van der Waals surface area contributed by atoms with E-state index in [1.165, 1.54) is 25.7 Å². The molecule has 3 fully saturated rings. The Hall–Kier alpha value is -0.610. The number of nitrogens with one attached hydrogen (secondary N) is 1. The number of carbonyl (C=O) groups is 1. The molecule has 0 radical (unpaired) electrons. The smallest absolute Gasteiger partial charge is 0.228 e. The van der Waals surface area contributed by atoms with Gasteiger partial charge in [0.15, 0.2) is 0 Å². The molecule has 0 bridgehead atoms. The fourth-order valence-corrected chi connectivity index (χ4v) is 3.96. The first-order valence-electron chi connectivity index (χ1n) is 7.95. The van der Waals surface area contributed by atoms with E-state index >= 15 is 0 Å². The van der Waals surface area contributed by atoms with Crippen LogP contribution >= 0.6 is 0 Å². The first kappa shape index (κ1) is 13.4. The van der Waals surface area contributed by atoms with Gasteiger partial charge in [0.25, 0.3) is 0 Å². The molecule has 3 aliphatic rings. The molecule has 0 aromatic rings. The summed E-state index contributed by atoms with van der Waals surface area (Å²) < 4.78 is 5.49. The summed E-state index contributed by atoms with van der Waals surface area (Å²) in [6.07, 6.45) is 6.93. The highest BCUT2D eigenvalue weighted by Crippen LogP contribution is 2.31. The first-order valence-corrected chi connectivity index (χ1v) is 7.95. The van der Waals surface area contributed by atoms with Crippen LogP contribution in [0, 0.1) is 11.8 Å². The molecule has 2 atom stereocenters. The Morgan fingerprint density at radius 2 is 1.95 bits per heavy atom. The van der Waals surface area contributed by atoms with Crippen molar-refractivity contribution in [1.82, 2.24) is 10.2 Å². The van der Waals surface area contributed by atoms with Gasteiger partial charge in [0.05, 0.1) is 12.5 Å². The Labute approximate surface area is 115 Å². The Kier molecular flexibility index (Phi) is 4.38. The minimum absolute atomic E-state index is 0.135. The van der Waals surface area contributed by atoms with Crippen LogP contribution in [-0.2, 0) is 9.53 Å². The molecular formula is C15H26N2O2. The van der Waals surface area contributed by atoms with Gasteiger partial charge in [0.2, 0.25) is 5.91 Å². The molecule has 3 rings (SSSR count). The number of nitrogens with zero attached hydrogens (tertiary/aromatic N) is 1. The van der Waals surface area contributed by atoms with Crippen molar-refractivity contribution >= 4 is 5.91 Å². The van der Waals surface area contributed by atoms with E-state index in [4.69, 9.17) is 4.74 Å². The SMILES string of the molecule is O=C(C1CCCOC1)N1CCCC1C1CCNCC1. The maximum atomic E-state index is 12.7. The van der Waals surface area contributed by atoms with Gasteiger partial charge in [0.1, 0.15) is 0 Å². The van der Waals surface area contributed by atoms with Gasteiger partial charge >= 0.3 is 0 Å². The topological polar surface area (TPSA) is 41.6 Å². The molecule has 0 saturated carbocycles. The minimum Gasteiger partial charge on any atom is -0.381 e. The third-order valence-electron chi connectivity index (χ3n) is 5.02. The monoisotopic (exact) mass is 266 g/mol. The Morgan fingerprint density at radius 1 is 1.11 bits per heavy atom. The van der Waals surface area contributed by atoms with Crippen LogP contribution in [0.5, 0.6) is 0 Å². The first-order chi connectivity index (χ1) is 9.36. The van der Waals surface area contributed by atoms with Gasteiger partial charge in [-0.05, 0) is 57.5 Å². The van der Waals surface area contributed by atoms with Crippen LogP contribution in [0.1, 0.15) is 38.5 Å². The number of likely N-dealkylation sites (tertiary alicyclic amines) is 1. The summed E-state index contributed by atoms with van der Waals surface area (Å²) in [5.74, 6) is 1.23. The molecule has 0 aliphatic carbocycles. The summed E-state index contributed by atoms with van der Waals surface area (Å²) in [5, 5.41) is 3.42. The third-order valence-corrected chi connectivity index (χ3v) is 5.02. The molecule has 4 heteroatoms. The lowest BCUT2D eigenvalue weighted by molar-refractivity contribution is -0.141. The van der Waals surface area contributed by atoms with Gasteiger partial charge in [0, 0.05) is 19.2 Å². The number of hydrogen-bond donors (Lipinski definition) is 1. The van der Waals surface area contributed by atoms with Crippen LogP contribution in [-0.4, -0.2) is 49.7 Å². The van der Waals surface area contributed by atoms with Crippen LogP contribution in [0.15, 0.2) is 0 Å². The van der Waals surface area contributed by atoms with E-state index in [0.29, 0.717) is 18.6 Å². The summed E-state index contributed by atoms with van der Waals surface area (Å²) in [7, 11) is 0. The zero-order valence-corrected chi connectivity index (χ0v) is 11.8. The number of ether oxygens (including phenoxy) is 1. The highest BCUT2D eigenvalue weighted by molar-refractivity contribution is 5.79. The summed E-state index contributed by atoms with van der Waals surface area (Å²) in [6.45, 7) is 4.70. The van der Waals surface area contributed by atoms with Crippen molar-refractivity contribution in [1.29, 1.82) is 0 Å². The molecule has 4 nitrogen and oxygen atoms in total. The van der Waals surface area contributed by atoms with Crippen LogP contribution in [0.4, 0.5) is 0 Å². The second-order valence-corrected chi connectivity index (χ2v) is 6.24. The zero-order chi connectivity index (χ0) is 13.1. The van der Waals surface area contributed by atoms with E-state index in [9.17, 15) is 4.79 Å². The third kappa shape index (κ3) is 2.95. The van der Waals surface area contributed by atoms with Crippen molar-refractivity contribution in [3.8, 4) is 0 Å². The number of hydrogen-bond acceptors (Lipinski definition) is 3. The van der Waals surface area contributed by atoms with E-state index < -0.39 is 0 Å². The van der Waals surface area contributed by atoms with Gasteiger partial charge in [-0.2, -0.15) is 0 Å². The van der Waals surface area contributed by atoms with Gasteiger partial charge in [-0.3, -0.25) is 4.79 Å². The normalized spacial score (nSPS) is 33.6. The summed E-state index contributed by atoms with van der Waals surface area (Å²) in [5.41, 5.74) is 0. The van der Waals surface area contributed by atoms with Crippen molar-refractivity contribution in [2.45, 2.75) is 44.6 Å². The predicted octanol–water partition coefficient (Wildman–Crippen LogP) is 1.40. The zero-order valence-electron chi connectivity index (χ0n) is 11.8. The van der Waals surface area contributed by atoms with Gasteiger partial charge in [-0.25, -0.2) is 0 Å². The van der Waals surface area contributed by atoms with Crippen LogP contribution in [0.25, 0.3) is 0 Å². The number of amides is 1. The molecule has 19 heavy (non-hydrogen) atoms. The standard InChI is InChI=1S/C15H26N2O2/c18-15(13-3-2-10-19-11-13)17-9-1-4-14(17)12-5-7-16-8-6-12/h12-14,16H,1-11H2. The largest absolute Gasteiger partial charge is 0.381 e. The second kappa shape index (κ2) is 6.23. The van der Waals surface area contributed by atoms with Crippen LogP contribution in [0.3, 0.4) is 0 Å². The maximum absolute atomic E-state index is 12.7. The van der Waals surface area contributed by atoms with E-state index in [1.807, 2.05) is 0 Å². The summed E-state index contributed by atoms with van der Waals surface area (Å²) in [6, 6.07) is 0.511. The molecule has 3 heterocycles. The number of rotatable bonds is 2. The molecule has 0 spiro atoms. The van der Waals surface area contributed by atoms with Crippen LogP contribution < -0.4 is 5.32 Å². The lowest BCUT2D eigenvalue weighted by Crippen LogP contribution is -2.47. The predicted molar refractivity (Wildman–Crippen MR) is 73.9 cm³/mol. The molecule has 1 N–H and O–H groups in total. The number of carbonyl (C=O) groups excluding carboxylic acids is 1. The highest BCUT2D eigenvalue weighted by atomic mass is 16.5. The van der Waals surface area contributed by atoms with Crippen LogP contribution in [0.2, 0.25) is 0 Å². The molecule has 108 valence electrons. The Bertz CT molecular complexity index is 309. The average Bonchev–Trinajstić information content (AvgIpc) is 2.98. The van der Waals surface area contributed by atoms with Crippen molar-refractivity contribution < 1.29 is 9.53 Å². The fourth-order valence-electron chi connectivity index (χ4n) is 3.96. The van der Waals surface area contributed by atoms with Gasteiger partial charge < -0.3 is 15.0 Å². The van der Waals surface area contributed by atoms with Gasteiger partial charge in [-0.1, -0.05) is 0 Å². The maximum Gasteiger partial charge on any atom is 0.228 e. The van der Waals surface area contributed by atoms with Crippen molar-refractivity contribution in [3.05, 3.63) is 0 Å². The molecule has 0 aromatic heterocycles. The highest BCUT2D eigenvalue weighted by Gasteiger charge is 2.37. The molecule has 3 saturated heterocycles. The summed E-state index contributed by atoms with van der Waals surface area (Å²) in [4.78, 5) is 14.9. The van der Waals surface area contributed by atoms with Gasteiger partial charge in [-0.15, -0.1) is 0 Å². The lowest BCUT2D eigenvalue weighted by atomic mass is 9.88. The average molecular weight is 266 g/mol. The molecule has 2 unspecified atom stereocenters. The van der Waals surface area contributed by atoms with E-state index in [-0.39, 0.29) is 5.92 Å². The molecule has 3 aliphatic heterocycles. The van der Waals surface area contributed by atoms with E-state index in [1.54, 1.807) is 0 Å². The van der Waals surface area contributed by atoms with E-state index in [0.717, 1.165) is 45.0 Å². The van der Waals surface area contributed by atoms with Crippen molar-refractivity contribution in [2.24, 2.45) is 11.8 Å². The van der Waals surface area contributed by atoms with Crippen molar-refractivity contribution in [2.75, 3.05) is 32.8 Å². The number of piperidine rings is 1. The van der Waals surface area contributed by atoms with Crippen molar-refractivity contribution in [3.63, 3.8) is 0 Å². The Morgan fingerprint density at radius 3 is 2.68 bits per heavy atom.